The summed E-state index contributed by atoms with van der Waals surface area (Å²) in [5, 5.41) is 25.9. The second-order valence-corrected chi connectivity index (χ2v) is 7.19. The van der Waals surface area contributed by atoms with E-state index in [0.29, 0.717) is 10.9 Å². The van der Waals surface area contributed by atoms with Gasteiger partial charge in [-0.25, -0.2) is 0 Å². The highest BCUT2D eigenvalue weighted by atomic mass is 35.5. The Bertz CT molecular complexity index is 1130. The van der Waals surface area contributed by atoms with Crippen LogP contribution in [0.25, 0.3) is 0 Å². The van der Waals surface area contributed by atoms with Crippen LogP contribution in [-0.4, -0.2) is 15.7 Å². The van der Waals surface area contributed by atoms with Gasteiger partial charge < -0.3 is 5.32 Å². The number of rotatable bonds is 5. The fraction of sp³-hybridized carbons (Fsp3) is 0.0952. The molecule has 2 atom stereocenters. The molecule has 0 amide bonds. The first-order valence-corrected chi connectivity index (χ1v) is 9.39. The van der Waals surface area contributed by atoms with E-state index in [1.807, 2.05) is 12.1 Å². The summed E-state index contributed by atoms with van der Waals surface area (Å²) in [6.45, 7) is 0. The Morgan fingerprint density at radius 3 is 1.77 bits per heavy atom. The van der Waals surface area contributed by atoms with Gasteiger partial charge in [0.15, 0.2) is 0 Å². The topological polar surface area (TPSA) is 111 Å². The van der Waals surface area contributed by atoms with Crippen LogP contribution in [0.15, 0.2) is 77.8 Å². The van der Waals surface area contributed by atoms with Gasteiger partial charge in [-0.2, -0.15) is 0 Å². The third-order valence-electron chi connectivity index (χ3n) is 4.90. The summed E-state index contributed by atoms with van der Waals surface area (Å²) in [6, 6.07) is 19.1. The summed E-state index contributed by atoms with van der Waals surface area (Å²) < 4.78 is 0. The van der Waals surface area contributed by atoms with E-state index in [1.54, 1.807) is 36.4 Å². The average Bonchev–Trinajstić information content (AvgIpc) is 3.20. The Morgan fingerprint density at radius 1 is 0.767 bits per heavy atom. The molecule has 0 aliphatic carbocycles. The summed E-state index contributed by atoms with van der Waals surface area (Å²) in [5.41, 5.74) is 2.45. The Morgan fingerprint density at radius 2 is 1.27 bits per heavy atom. The van der Waals surface area contributed by atoms with Gasteiger partial charge in [-0.05, 0) is 47.5 Å². The number of aliphatic imine (C=N–C) groups is 1. The summed E-state index contributed by atoms with van der Waals surface area (Å²) in [4.78, 5) is 25.8. The van der Waals surface area contributed by atoms with E-state index >= 15 is 0 Å². The molecule has 0 fully saturated rings. The molecule has 0 radical (unpaired) electrons. The second-order valence-electron chi connectivity index (χ2n) is 6.75. The zero-order valence-corrected chi connectivity index (χ0v) is 16.2. The van der Waals surface area contributed by atoms with Gasteiger partial charge in [0.2, 0.25) is 0 Å². The number of benzene rings is 3. The maximum absolute atomic E-state index is 11.0. The average molecular weight is 423 g/mol. The van der Waals surface area contributed by atoms with E-state index in [4.69, 9.17) is 16.6 Å². The monoisotopic (exact) mass is 422 g/mol. The second kappa shape index (κ2) is 7.92. The molecule has 1 heterocycles. The molecule has 0 saturated heterocycles. The van der Waals surface area contributed by atoms with Gasteiger partial charge in [-0.3, -0.25) is 25.2 Å². The molecule has 30 heavy (non-hydrogen) atoms. The molecular weight excluding hydrogens is 408 g/mol. The number of amidine groups is 1. The lowest BCUT2D eigenvalue weighted by Crippen LogP contribution is -2.25. The molecule has 0 spiro atoms. The van der Waals surface area contributed by atoms with Crippen molar-refractivity contribution in [3.63, 3.8) is 0 Å². The Labute approximate surface area is 176 Å². The Kier molecular flexibility index (Phi) is 5.16. The molecule has 8 nitrogen and oxygen atoms in total. The summed E-state index contributed by atoms with van der Waals surface area (Å²) >= 11 is 5.98. The molecule has 0 unspecified atom stereocenters. The van der Waals surface area contributed by atoms with Crippen LogP contribution in [-0.2, 0) is 0 Å². The zero-order valence-electron chi connectivity index (χ0n) is 15.4. The van der Waals surface area contributed by atoms with E-state index in [9.17, 15) is 20.2 Å². The molecule has 1 N–H and O–H groups in total. The number of nitrogens with zero attached hydrogens (tertiary/aromatic N) is 3. The van der Waals surface area contributed by atoms with Crippen LogP contribution in [0.3, 0.4) is 0 Å². The van der Waals surface area contributed by atoms with Crippen LogP contribution in [0.1, 0.15) is 28.8 Å². The molecule has 9 heteroatoms. The number of halogens is 1. The summed E-state index contributed by atoms with van der Waals surface area (Å²) in [7, 11) is 0. The highest BCUT2D eigenvalue weighted by Gasteiger charge is 2.32. The van der Waals surface area contributed by atoms with Crippen molar-refractivity contribution in [2.45, 2.75) is 12.1 Å². The van der Waals surface area contributed by atoms with Gasteiger partial charge >= 0.3 is 0 Å². The molecule has 1 aliphatic heterocycles. The molecule has 4 rings (SSSR count). The van der Waals surface area contributed by atoms with Crippen LogP contribution < -0.4 is 5.32 Å². The quantitative estimate of drug-likeness (QED) is 0.460. The number of nitro groups is 2. The molecule has 0 aromatic heterocycles. The Hall–Kier alpha value is -3.78. The third kappa shape index (κ3) is 3.85. The first kappa shape index (κ1) is 19.5. The highest BCUT2D eigenvalue weighted by Crippen LogP contribution is 2.38. The van der Waals surface area contributed by atoms with Crippen molar-refractivity contribution in [2.24, 2.45) is 4.99 Å². The first-order valence-electron chi connectivity index (χ1n) is 9.01. The maximum atomic E-state index is 11.0. The van der Waals surface area contributed by atoms with E-state index < -0.39 is 9.85 Å². The van der Waals surface area contributed by atoms with Gasteiger partial charge in [-0.15, -0.1) is 0 Å². The van der Waals surface area contributed by atoms with Crippen LogP contribution in [0, 0.1) is 20.2 Å². The van der Waals surface area contributed by atoms with Gasteiger partial charge in [0.05, 0.1) is 15.9 Å². The van der Waals surface area contributed by atoms with Crippen molar-refractivity contribution in [1.82, 2.24) is 5.32 Å². The zero-order chi connectivity index (χ0) is 21.3. The number of nitro benzene ring substituents is 2. The minimum absolute atomic E-state index is 0.00139. The lowest BCUT2D eigenvalue weighted by Gasteiger charge is -2.19. The van der Waals surface area contributed by atoms with Crippen molar-refractivity contribution < 1.29 is 9.85 Å². The lowest BCUT2D eigenvalue weighted by molar-refractivity contribution is -0.385. The van der Waals surface area contributed by atoms with Gasteiger partial charge in [-0.1, -0.05) is 23.7 Å². The van der Waals surface area contributed by atoms with Crippen LogP contribution in [0.5, 0.6) is 0 Å². The number of nitrogens with one attached hydrogen (secondary N) is 1. The number of hydrogen-bond donors (Lipinski definition) is 1. The number of non-ortho nitro benzene ring substituents is 2. The van der Waals surface area contributed by atoms with Crippen LogP contribution in [0.4, 0.5) is 11.4 Å². The van der Waals surface area contributed by atoms with Gasteiger partial charge in [0.1, 0.15) is 11.9 Å². The van der Waals surface area contributed by atoms with Gasteiger partial charge in [0, 0.05) is 34.9 Å². The first-order chi connectivity index (χ1) is 14.4. The maximum Gasteiger partial charge on any atom is 0.269 e. The van der Waals surface area contributed by atoms with Gasteiger partial charge in [0.25, 0.3) is 11.4 Å². The van der Waals surface area contributed by atoms with E-state index in [-0.39, 0.29) is 23.5 Å². The largest absolute Gasteiger partial charge is 0.361 e. The SMILES string of the molecule is O=[N+]([O-])c1ccc([C@H]2N=C(c3ccc(Cl)cc3)N[C@H]2c2ccc([N+](=O)[O-])cc2)cc1. The smallest absolute Gasteiger partial charge is 0.269 e. The fourth-order valence-corrected chi connectivity index (χ4v) is 3.50. The molecule has 0 bridgehead atoms. The summed E-state index contributed by atoms with van der Waals surface area (Å²) in [6.07, 6.45) is 0. The lowest BCUT2D eigenvalue weighted by atomic mass is 9.94. The molecule has 150 valence electrons. The molecule has 0 saturated carbocycles. The number of hydrogen-bond acceptors (Lipinski definition) is 6. The third-order valence-corrected chi connectivity index (χ3v) is 5.15. The van der Waals surface area contributed by atoms with Crippen molar-refractivity contribution in [3.05, 3.63) is 115 Å². The van der Waals surface area contributed by atoms with Crippen molar-refractivity contribution >= 4 is 28.8 Å². The molecular formula is C21H15ClN4O4. The van der Waals surface area contributed by atoms with Crippen molar-refractivity contribution in [3.8, 4) is 0 Å². The van der Waals surface area contributed by atoms with Crippen LogP contribution >= 0.6 is 11.6 Å². The summed E-state index contributed by atoms with van der Waals surface area (Å²) in [5.74, 6) is 0.651. The minimum Gasteiger partial charge on any atom is -0.361 e. The Balaban J connectivity index is 1.72. The predicted octanol–water partition coefficient (Wildman–Crippen LogP) is 4.99. The molecule has 1 aliphatic rings. The highest BCUT2D eigenvalue weighted by molar-refractivity contribution is 6.30. The van der Waals surface area contributed by atoms with Crippen molar-refractivity contribution in [2.75, 3.05) is 0 Å². The van der Waals surface area contributed by atoms with E-state index in [0.717, 1.165) is 16.7 Å². The minimum atomic E-state index is -0.451. The standard InChI is InChI=1S/C21H15ClN4O4/c22-16-7-1-15(2-8-16)21-23-19(13-3-9-17(10-4-13)25(27)28)20(24-21)14-5-11-18(12-6-14)26(29)30/h1-12,19-20H,(H,23,24)/t19-,20+. The predicted molar refractivity (Wildman–Crippen MR) is 113 cm³/mol. The molecule has 3 aromatic carbocycles. The molecule has 3 aromatic rings. The fourth-order valence-electron chi connectivity index (χ4n) is 3.37. The van der Waals surface area contributed by atoms with E-state index in [2.05, 4.69) is 5.32 Å². The van der Waals surface area contributed by atoms with Crippen molar-refractivity contribution in [1.29, 1.82) is 0 Å². The van der Waals surface area contributed by atoms with Crippen LogP contribution in [0.2, 0.25) is 5.02 Å². The van der Waals surface area contributed by atoms with E-state index in [1.165, 1.54) is 24.3 Å². The normalized spacial score (nSPS) is 17.8.